The van der Waals surface area contributed by atoms with Gasteiger partial charge in [-0.2, -0.15) is 0 Å². The minimum atomic E-state index is 0.953. The maximum absolute atomic E-state index is 4.54. The Labute approximate surface area is 94.2 Å². The zero-order valence-corrected chi connectivity index (χ0v) is 10.2. The third kappa shape index (κ3) is 2.02. The Morgan fingerprint density at radius 3 is 2.73 bits per heavy atom. The van der Waals surface area contributed by atoms with Crippen LogP contribution in [0.5, 0.6) is 0 Å². The van der Waals surface area contributed by atoms with Crippen molar-refractivity contribution in [2.45, 2.75) is 33.5 Å². The lowest BCUT2D eigenvalue weighted by molar-refractivity contribution is 0.837. The molecule has 0 bridgehead atoms. The number of aromatic nitrogens is 3. The smallest absolute Gasteiger partial charge is 0.192 e. The highest BCUT2D eigenvalue weighted by atomic mass is 32.1. The van der Waals surface area contributed by atoms with E-state index in [1.165, 1.54) is 0 Å². The van der Waals surface area contributed by atoms with Gasteiger partial charge in [-0.15, -0.1) is 11.3 Å². The van der Waals surface area contributed by atoms with E-state index in [9.17, 15) is 0 Å². The Balaban J connectivity index is 2.54. The molecule has 0 aliphatic carbocycles. The topological polar surface area (TPSA) is 38.7 Å². The minimum Gasteiger partial charge on any atom is -0.248 e. The summed E-state index contributed by atoms with van der Waals surface area (Å²) in [5, 5.41) is 0. The van der Waals surface area contributed by atoms with Crippen LogP contribution in [0.2, 0.25) is 6.82 Å². The molecule has 0 fully saturated rings. The summed E-state index contributed by atoms with van der Waals surface area (Å²) >= 11 is 1.69. The third-order valence-corrected chi connectivity index (χ3v) is 3.39. The molecule has 0 saturated heterocycles. The van der Waals surface area contributed by atoms with Gasteiger partial charge in [0.15, 0.2) is 7.28 Å². The number of fused-ring (bicyclic) bond motifs is 1. The van der Waals surface area contributed by atoms with Crippen LogP contribution in [0.3, 0.4) is 0 Å². The molecule has 2 aromatic heterocycles. The Morgan fingerprint density at radius 2 is 2.07 bits per heavy atom. The predicted molar refractivity (Wildman–Crippen MR) is 66.6 cm³/mol. The maximum atomic E-state index is 4.54. The van der Waals surface area contributed by atoms with Crippen molar-refractivity contribution in [1.82, 2.24) is 15.0 Å². The molecule has 2 aromatic rings. The fraction of sp³-hybridized carbons (Fsp3) is 0.500. The van der Waals surface area contributed by atoms with Crippen LogP contribution in [-0.2, 0) is 6.42 Å². The van der Waals surface area contributed by atoms with Gasteiger partial charge in [0.1, 0.15) is 16.2 Å². The number of hydrogen-bond acceptors (Lipinski definition) is 4. The van der Waals surface area contributed by atoms with Crippen molar-refractivity contribution >= 4 is 33.9 Å². The van der Waals surface area contributed by atoms with Crippen molar-refractivity contribution in [1.29, 1.82) is 0 Å². The predicted octanol–water partition coefficient (Wildman–Crippen LogP) is 1.46. The van der Waals surface area contributed by atoms with Crippen molar-refractivity contribution in [2.24, 2.45) is 0 Å². The van der Waals surface area contributed by atoms with Crippen LogP contribution in [0.1, 0.15) is 24.9 Å². The average molecular weight is 219 g/mol. The van der Waals surface area contributed by atoms with Crippen molar-refractivity contribution in [3.63, 3.8) is 0 Å². The first kappa shape index (κ1) is 10.5. The largest absolute Gasteiger partial charge is 0.248 e. The van der Waals surface area contributed by atoms with Gasteiger partial charge in [0, 0.05) is 6.42 Å². The molecule has 2 rings (SSSR count). The lowest BCUT2D eigenvalue weighted by Crippen LogP contribution is -2.07. The highest BCUT2D eigenvalue weighted by Crippen LogP contribution is 2.16. The second-order valence-electron chi connectivity index (χ2n) is 3.59. The van der Waals surface area contributed by atoms with Gasteiger partial charge in [-0.25, -0.2) is 15.0 Å². The average Bonchev–Trinajstić information content (AvgIpc) is 2.62. The van der Waals surface area contributed by atoms with Gasteiger partial charge in [-0.05, 0) is 13.3 Å². The van der Waals surface area contributed by atoms with E-state index in [0.29, 0.717) is 0 Å². The van der Waals surface area contributed by atoms with Crippen LogP contribution < -0.4 is 4.91 Å². The molecule has 2 heterocycles. The summed E-state index contributed by atoms with van der Waals surface area (Å²) in [5.41, 5.74) is 2.00. The SMILES string of the molecule is CBc1nc2c(C)nc(CCC)nc2s1. The molecule has 0 amide bonds. The highest BCUT2D eigenvalue weighted by Gasteiger charge is 2.09. The zero-order chi connectivity index (χ0) is 10.8. The Bertz CT molecular complexity index is 481. The molecule has 0 unspecified atom stereocenters. The van der Waals surface area contributed by atoms with Gasteiger partial charge in [-0.3, -0.25) is 0 Å². The van der Waals surface area contributed by atoms with Crippen molar-refractivity contribution in [2.75, 3.05) is 0 Å². The fourth-order valence-electron chi connectivity index (χ4n) is 1.54. The van der Waals surface area contributed by atoms with Crippen LogP contribution >= 0.6 is 11.3 Å². The molecule has 0 atom stereocenters. The van der Waals surface area contributed by atoms with E-state index in [4.69, 9.17) is 0 Å². The Hall–Kier alpha value is -0.965. The van der Waals surface area contributed by atoms with E-state index in [-0.39, 0.29) is 0 Å². The summed E-state index contributed by atoms with van der Waals surface area (Å²) < 4.78 is 0. The molecular formula is C10H14BN3S. The van der Waals surface area contributed by atoms with Gasteiger partial charge in [0.2, 0.25) is 0 Å². The Kier molecular flexibility index (Phi) is 3.00. The molecular weight excluding hydrogens is 205 g/mol. The quantitative estimate of drug-likeness (QED) is 0.733. The maximum Gasteiger partial charge on any atom is 0.192 e. The molecule has 0 radical (unpaired) electrons. The third-order valence-electron chi connectivity index (χ3n) is 2.30. The van der Waals surface area contributed by atoms with Crippen molar-refractivity contribution in [3.8, 4) is 0 Å². The fourth-order valence-corrected chi connectivity index (χ4v) is 2.49. The lowest BCUT2D eigenvalue weighted by atomic mass is 9.84. The molecule has 0 spiro atoms. The van der Waals surface area contributed by atoms with Crippen LogP contribution in [0.25, 0.3) is 10.3 Å². The summed E-state index contributed by atoms with van der Waals surface area (Å²) in [7, 11) is 0.976. The van der Waals surface area contributed by atoms with Crippen LogP contribution in [0, 0.1) is 6.92 Å². The van der Waals surface area contributed by atoms with Crippen LogP contribution in [0.15, 0.2) is 0 Å². The van der Waals surface area contributed by atoms with Gasteiger partial charge in [0.05, 0.1) is 10.6 Å². The van der Waals surface area contributed by atoms with E-state index in [1.54, 1.807) is 11.3 Å². The van der Waals surface area contributed by atoms with Gasteiger partial charge < -0.3 is 0 Å². The number of hydrogen-bond donors (Lipinski definition) is 0. The lowest BCUT2D eigenvalue weighted by Gasteiger charge is -1.98. The van der Waals surface area contributed by atoms with E-state index in [0.717, 1.165) is 46.9 Å². The standard InChI is InChI=1S/C10H14BN3S/c1-4-5-7-12-6(2)8-9(13-7)15-10(11-3)14-8/h11H,4-5H2,1-3H3. The second-order valence-corrected chi connectivity index (χ2v) is 4.65. The number of nitrogens with zero attached hydrogens (tertiary/aromatic N) is 3. The van der Waals surface area contributed by atoms with Crippen molar-refractivity contribution < 1.29 is 0 Å². The molecule has 5 heteroatoms. The summed E-state index contributed by atoms with van der Waals surface area (Å²) in [6.45, 7) is 6.28. The molecule has 15 heavy (non-hydrogen) atoms. The first-order chi connectivity index (χ1) is 7.24. The number of rotatable bonds is 3. The zero-order valence-electron chi connectivity index (χ0n) is 9.37. The van der Waals surface area contributed by atoms with Crippen molar-refractivity contribution in [3.05, 3.63) is 11.5 Å². The molecule has 0 aliphatic rings. The van der Waals surface area contributed by atoms with Gasteiger partial charge in [0.25, 0.3) is 0 Å². The molecule has 0 N–H and O–H groups in total. The molecule has 0 aliphatic heterocycles. The summed E-state index contributed by atoms with van der Waals surface area (Å²) in [4.78, 5) is 15.7. The highest BCUT2D eigenvalue weighted by molar-refractivity contribution is 7.26. The van der Waals surface area contributed by atoms with Crippen LogP contribution in [-0.4, -0.2) is 22.2 Å². The molecule has 0 saturated carbocycles. The monoisotopic (exact) mass is 219 g/mol. The van der Waals surface area contributed by atoms with E-state index in [1.807, 2.05) is 6.92 Å². The van der Waals surface area contributed by atoms with E-state index in [2.05, 4.69) is 28.7 Å². The first-order valence-corrected chi connectivity index (χ1v) is 6.19. The summed E-state index contributed by atoms with van der Waals surface area (Å²) in [6, 6.07) is 0. The number of thiazole rings is 1. The van der Waals surface area contributed by atoms with Crippen LogP contribution in [0.4, 0.5) is 0 Å². The van der Waals surface area contributed by atoms with E-state index >= 15 is 0 Å². The normalized spacial score (nSPS) is 10.9. The Morgan fingerprint density at radius 1 is 1.27 bits per heavy atom. The molecule has 0 aromatic carbocycles. The number of aryl methyl sites for hydroxylation is 2. The second kappa shape index (κ2) is 4.27. The molecule has 78 valence electrons. The summed E-state index contributed by atoms with van der Waals surface area (Å²) in [5.74, 6) is 0.953. The molecule has 3 nitrogen and oxygen atoms in total. The first-order valence-electron chi connectivity index (χ1n) is 5.37. The minimum absolute atomic E-state index is 0.953. The van der Waals surface area contributed by atoms with Gasteiger partial charge in [-0.1, -0.05) is 13.7 Å². The van der Waals surface area contributed by atoms with E-state index < -0.39 is 0 Å². The summed E-state index contributed by atoms with van der Waals surface area (Å²) in [6.07, 6.45) is 2.04. The van der Waals surface area contributed by atoms with Gasteiger partial charge >= 0.3 is 0 Å².